The van der Waals surface area contributed by atoms with Crippen molar-refractivity contribution in [3.8, 4) is 0 Å². The van der Waals surface area contributed by atoms with E-state index in [9.17, 15) is 0 Å². The Morgan fingerprint density at radius 3 is 2.38 bits per heavy atom. The maximum absolute atomic E-state index is 2.36. The van der Waals surface area contributed by atoms with E-state index in [0.29, 0.717) is 5.92 Å². The Bertz CT molecular complexity index is 844. The normalized spacial score (nSPS) is 18.9. The average Bonchev–Trinajstić information content (AvgIpc) is 2.78. The lowest BCUT2D eigenvalue weighted by Crippen LogP contribution is -2.21. The number of anilines is 2. The van der Waals surface area contributed by atoms with Crippen LogP contribution in [-0.2, 0) is 5.41 Å². The molecule has 0 N–H and O–H groups in total. The topological polar surface area (TPSA) is 3.24 Å². The fraction of sp³-hybridized carbons (Fsp3) is 0.217. The van der Waals surface area contributed by atoms with Crippen molar-refractivity contribution in [3.63, 3.8) is 0 Å². The molecule has 1 aliphatic heterocycles. The Morgan fingerprint density at radius 1 is 0.875 bits per heavy atom. The highest BCUT2D eigenvalue weighted by atomic mass is 15.2. The molecule has 0 fully saturated rings. The number of benzene rings is 2. The molecular formula is C23H23N. The Balaban J connectivity index is 1.83. The van der Waals surface area contributed by atoms with Gasteiger partial charge in [-0.25, -0.2) is 0 Å². The van der Waals surface area contributed by atoms with Gasteiger partial charge in [0.05, 0.1) is 5.69 Å². The zero-order chi connectivity index (χ0) is 16.7. The van der Waals surface area contributed by atoms with Gasteiger partial charge in [-0.15, -0.1) is 0 Å². The van der Waals surface area contributed by atoms with Crippen molar-refractivity contribution >= 4 is 11.4 Å². The van der Waals surface area contributed by atoms with E-state index in [1.165, 1.54) is 28.2 Å². The molecule has 1 nitrogen and oxygen atoms in total. The van der Waals surface area contributed by atoms with Gasteiger partial charge in [-0.05, 0) is 46.9 Å². The first-order chi connectivity index (χ1) is 11.5. The summed E-state index contributed by atoms with van der Waals surface area (Å²) in [6, 6.07) is 17.7. The van der Waals surface area contributed by atoms with Gasteiger partial charge in [0.1, 0.15) is 0 Å². The standard InChI is InChI=1S/C23H23N/c1-23(2,3)18-12-14-19(15-13-18)24-20-9-5-4-8-17(16-20)21-10-6-7-11-22(21)24/h4-17H,1-3H3. The Hall–Kier alpha value is -2.54. The maximum Gasteiger partial charge on any atom is 0.0502 e. The molecule has 0 spiro atoms. The van der Waals surface area contributed by atoms with Gasteiger partial charge < -0.3 is 4.90 Å². The second-order valence-corrected chi connectivity index (χ2v) is 7.55. The minimum Gasteiger partial charge on any atom is -0.310 e. The van der Waals surface area contributed by atoms with E-state index in [-0.39, 0.29) is 5.41 Å². The predicted molar refractivity (Wildman–Crippen MR) is 103 cm³/mol. The van der Waals surface area contributed by atoms with Crippen LogP contribution in [0.3, 0.4) is 0 Å². The lowest BCUT2D eigenvalue weighted by Gasteiger charge is -2.34. The minimum atomic E-state index is 0.175. The van der Waals surface area contributed by atoms with Crippen LogP contribution < -0.4 is 4.90 Å². The van der Waals surface area contributed by atoms with E-state index in [1.54, 1.807) is 0 Å². The lowest BCUT2D eigenvalue weighted by molar-refractivity contribution is 0.590. The summed E-state index contributed by atoms with van der Waals surface area (Å²) in [5, 5.41) is 0. The van der Waals surface area contributed by atoms with Crippen LogP contribution >= 0.6 is 0 Å². The maximum atomic E-state index is 2.36. The number of hydrogen-bond acceptors (Lipinski definition) is 1. The fourth-order valence-electron chi connectivity index (χ4n) is 3.49. The molecule has 2 aliphatic rings. The fourth-order valence-corrected chi connectivity index (χ4v) is 3.49. The number of para-hydroxylation sites is 1. The van der Waals surface area contributed by atoms with Crippen molar-refractivity contribution in [1.29, 1.82) is 0 Å². The summed E-state index contributed by atoms with van der Waals surface area (Å²) in [5.74, 6) is 0.358. The Labute approximate surface area is 144 Å². The van der Waals surface area contributed by atoms with Gasteiger partial charge in [0.2, 0.25) is 0 Å². The molecule has 0 amide bonds. The van der Waals surface area contributed by atoms with E-state index < -0.39 is 0 Å². The lowest BCUT2D eigenvalue weighted by atomic mass is 9.87. The first-order valence-corrected chi connectivity index (χ1v) is 8.60. The minimum absolute atomic E-state index is 0.175. The van der Waals surface area contributed by atoms with Gasteiger partial charge in [-0.1, -0.05) is 69.3 Å². The van der Waals surface area contributed by atoms with Gasteiger partial charge in [-0.2, -0.15) is 0 Å². The van der Waals surface area contributed by atoms with Crippen LogP contribution in [0.4, 0.5) is 11.4 Å². The highest BCUT2D eigenvalue weighted by molar-refractivity contribution is 5.77. The Kier molecular flexibility index (Phi) is 3.45. The van der Waals surface area contributed by atoms with Crippen molar-refractivity contribution in [3.05, 3.63) is 95.7 Å². The van der Waals surface area contributed by atoms with E-state index >= 15 is 0 Å². The summed E-state index contributed by atoms with van der Waals surface area (Å²) in [6.45, 7) is 6.76. The summed E-state index contributed by atoms with van der Waals surface area (Å²) < 4.78 is 0. The van der Waals surface area contributed by atoms with Gasteiger partial charge in [0.15, 0.2) is 0 Å². The first kappa shape index (κ1) is 15.0. The molecule has 2 aromatic rings. The molecule has 0 radical (unpaired) electrons. The number of hydrogen-bond donors (Lipinski definition) is 0. The second-order valence-electron chi connectivity index (χ2n) is 7.55. The molecule has 4 rings (SSSR count). The van der Waals surface area contributed by atoms with Gasteiger partial charge >= 0.3 is 0 Å². The van der Waals surface area contributed by atoms with Crippen molar-refractivity contribution in [2.75, 3.05) is 4.90 Å². The average molecular weight is 313 g/mol. The molecule has 0 saturated carbocycles. The van der Waals surface area contributed by atoms with Gasteiger partial charge in [-0.3, -0.25) is 0 Å². The molecule has 1 aliphatic carbocycles. The quantitative estimate of drug-likeness (QED) is 0.603. The molecule has 0 saturated heterocycles. The SMILES string of the molecule is CC(C)(C)c1ccc(N2C3=CC(C=CC=C3)c3ccccc32)cc1. The zero-order valence-electron chi connectivity index (χ0n) is 14.5. The number of rotatable bonds is 1. The summed E-state index contributed by atoms with van der Waals surface area (Å²) in [5.41, 5.74) is 6.63. The Morgan fingerprint density at radius 2 is 1.62 bits per heavy atom. The van der Waals surface area contributed by atoms with Crippen LogP contribution in [0, 0.1) is 0 Å². The third kappa shape index (κ3) is 2.50. The van der Waals surface area contributed by atoms with Crippen LogP contribution in [0.15, 0.2) is 84.6 Å². The van der Waals surface area contributed by atoms with E-state index in [1.807, 2.05) is 0 Å². The van der Waals surface area contributed by atoms with E-state index in [4.69, 9.17) is 0 Å². The molecule has 2 bridgehead atoms. The molecule has 1 unspecified atom stereocenters. The van der Waals surface area contributed by atoms with Crippen LogP contribution in [0.1, 0.15) is 37.8 Å². The van der Waals surface area contributed by atoms with Crippen LogP contribution in [0.5, 0.6) is 0 Å². The molecule has 120 valence electrons. The number of fused-ring (bicyclic) bond motifs is 3. The predicted octanol–water partition coefficient (Wildman–Crippen LogP) is 6.23. The summed E-state index contributed by atoms with van der Waals surface area (Å²) in [4.78, 5) is 2.36. The third-order valence-electron chi connectivity index (χ3n) is 4.83. The highest BCUT2D eigenvalue weighted by Crippen LogP contribution is 2.43. The molecular weight excluding hydrogens is 290 g/mol. The highest BCUT2D eigenvalue weighted by Gasteiger charge is 2.25. The largest absolute Gasteiger partial charge is 0.310 e. The summed E-state index contributed by atoms with van der Waals surface area (Å²) in [6.07, 6.45) is 11.1. The van der Waals surface area contributed by atoms with Crippen LogP contribution in [0.2, 0.25) is 0 Å². The second kappa shape index (κ2) is 5.52. The summed E-state index contributed by atoms with van der Waals surface area (Å²) >= 11 is 0. The molecule has 1 atom stereocenters. The van der Waals surface area contributed by atoms with Crippen molar-refractivity contribution in [2.45, 2.75) is 32.1 Å². The molecule has 1 heterocycles. The van der Waals surface area contributed by atoms with E-state index in [2.05, 4.69) is 105 Å². The van der Waals surface area contributed by atoms with Crippen LogP contribution in [0.25, 0.3) is 0 Å². The zero-order valence-corrected chi connectivity index (χ0v) is 14.5. The molecule has 24 heavy (non-hydrogen) atoms. The van der Waals surface area contributed by atoms with Crippen molar-refractivity contribution in [1.82, 2.24) is 0 Å². The summed E-state index contributed by atoms with van der Waals surface area (Å²) in [7, 11) is 0. The van der Waals surface area contributed by atoms with Crippen LogP contribution in [-0.4, -0.2) is 0 Å². The molecule has 2 aromatic carbocycles. The molecule has 0 aromatic heterocycles. The first-order valence-electron chi connectivity index (χ1n) is 8.60. The third-order valence-corrected chi connectivity index (χ3v) is 4.83. The monoisotopic (exact) mass is 313 g/mol. The van der Waals surface area contributed by atoms with Gasteiger partial charge in [0, 0.05) is 17.3 Å². The smallest absolute Gasteiger partial charge is 0.0502 e. The van der Waals surface area contributed by atoms with Gasteiger partial charge in [0.25, 0.3) is 0 Å². The molecule has 1 heteroatoms. The van der Waals surface area contributed by atoms with Crippen molar-refractivity contribution in [2.24, 2.45) is 0 Å². The van der Waals surface area contributed by atoms with E-state index in [0.717, 1.165) is 0 Å². The number of allylic oxidation sites excluding steroid dienone is 5. The number of nitrogens with zero attached hydrogens (tertiary/aromatic N) is 1. The van der Waals surface area contributed by atoms with Crippen molar-refractivity contribution < 1.29 is 0 Å².